The topological polar surface area (TPSA) is 75.6 Å². The number of hydrogen-bond acceptors (Lipinski definition) is 3. The molecule has 1 amide bonds. The molecule has 1 atom stereocenters. The molecule has 0 saturated heterocycles. The molecule has 0 rings (SSSR count). The van der Waals surface area contributed by atoms with Gasteiger partial charge >= 0.3 is 12.1 Å². The monoisotopic (exact) mass is 285 g/mol. The lowest BCUT2D eigenvalue weighted by molar-refractivity contribution is -0.174. The Labute approximate surface area is 109 Å². The maximum absolute atomic E-state index is 11.7. The number of carboxylic acids is 1. The molecule has 0 unspecified atom stereocenters. The van der Waals surface area contributed by atoms with Crippen LogP contribution in [-0.2, 0) is 14.3 Å². The van der Waals surface area contributed by atoms with Crippen LogP contribution in [0.25, 0.3) is 0 Å². The molecule has 0 aromatic carbocycles. The van der Waals surface area contributed by atoms with Gasteiger partial charge < -0.3 is 15.2 Å². The van der Waals surface area contributed by atoms with Gasteiger partial charge in [0.2, 0.25) is 5.91 Å². The molecule has 0 heterocycles. The van der Waals surface area contributed by atoms with Crippen LogP contribution in [-0.4, -0.2) is 42.4 Å². The van der Waals surface area contributed by atoms with Crippen molar-refractivity contribution in [3.05, 3.63) is 0 Å². The van der Waals surface area contributed by atoms with Crippen molar-refractivity contribution in [1.82, 2.24) is 5.32 Å². The lowest BCUT2D eigenvalue weighted by Gasteiger charge is -2.16. The van der Waals surface area contributed by atoms with Gasteiger partial charge in [-0.15, -0.1) is 0 Å². The van der Waals surface area contributed by atoms with Gasteiger partial charge in [-0.25, -0.2) is 4.79 Å². The Morgan fingerprint density at radius 2 is 1.89 bits per heavy atom. The molecule has 0 radical (unpaired) electrons. The van der Waals surface area contributed by atoms with E-state index in [1.807, 2.05) is 0 Å². The Morgan fingerprint density at radius 3 is 2.32 bits per heavy atom. The Balaban J connectivity index is 3.97. The molecular formula is C11H18F3NO4. The van der Waals surface area contributed by atoms with Gasteiger partial charge in [0.15, 0.2) is 0 Å². The van der Waals surface area contributed by atoms with Gasteiger partial charge in [0.1, 0.15) is 12.6 Å². The molecule has 0 aliphatic heterocycles. The van der Waals surface area contributed by atoms with Gasteiger partial charge in [-0.2, -0.15) is 13.2 Å². The zero-order chi connectivity index (χ0) is 15.1. The van der Waals surface area contributed by atoms with Crippen LogP contribution in [0.1, 0.15) is 26.7 Å². The Morgan fingerprint density at radius 1 is 1.32 bits per heavy atom. The van der Waals surface area contributed by atoms with Crippen LogP contribution < -0.4 is 5.32 Å². The Kier molecular flexibility index (Phi) is 7.43. The van der Waals surface area contributed by atoms with E-state index < -0.39 is 37.3 Å². The number of aliphatic carboxylic acids is 1. The number of carbonyl (C=O) groups excluding carboxylic acids is 1. The summed E-state index contributed by atoms with van der Waals surface area (Å²) >= 11 is 0. The molecule has 0 aromatic rings. The number of halogens is 3. The first-order valence-corrected chi connectivity index (χ1v) is 5.78. The third kappa shape index (κ3) is 10.3. The molecule has 0 fully saturated rings. The van der Waals surface area contributed by atoms with Crippen LogP contribution in [0.5, 0.6) is 0 Å². The molecule has 112 valence electrons. The lowest BCUT2D eigenvalue weighted by Crippen LogP contribution is -2.42. The van der Waals surface area contributed by atoms with Crippen LogP contribution in [0.15, 0.2) is 0 Å². The third-order valence-electron chi connectivity index (χ3n) is 2.08. The van der Waals surface area contributed by atoms with Gasteiger partial charge in [0.05, 0.1) is 6.61 Å². The summed E-state index contributed by atoms with van der Waals surface area (Å²) in [6.07, 6.45) is -4.49. The average molecular weight is 285 g/mol. The average Bonchev–Trinajstić information content (AvgIpc) is 2.21. The summed E-state index contributed by atoms with van der Waals surface area (Å²) in [7, 11) is 0. The van der Waals surface area contributed by atoms with Gasteiger partial charge in [-0.3, -0.25) is 4.79 Å². The van der Waals surface area contributed by atoms with Gasteiger partial charge in [-0.05, 0) is 12.3 Å². The number of amides is 1. The van der Waals surface area contributed by atoms with E-state index >= 15 is 0 Å². The fraction of sp³-hybridized carbons (Fsp3) is 0.818. The number of rotatable bonds is 8. The standard InChI is InChI=1S/C11H18F3NO4/c1-7(2)5-8(10(17)18)15-9(16)3-4-19-6-11(12,13)14/h7-8H,3-6H2,1-2H3,(H,15,16)(H,17,18)/t8-/m0/s1. The normalized spacial score (nSPS) is 13.4. The van der Waals surface area contributed by atoms with Crippen molar-refractivity contribution in [3.63, 3.8) is 0 Å². The summed E-state index contributed by atoms with van der Waals surface area (Å²) in [6, 6.07) is -1.03. The fourth-order valence-corrected chi connectivity index (χ4v) is 1.31. The second-order valence-electron chi connectivity index (χ2n) is 4.51. The van der Waals surface area contributed by atoms with Gasteiger partial charge in [-0.1, -0.05) is 13.8 Å². The maximum atomic E-state index is 11.7. The van der Waals surface area contributed by atoms with Crippen molar-refractivity contribution in [1.29, 1.82) is 0 Å². The fourth-order valence-electron chi connectivity index (χ4n) is 1.31. The van der Waals surface area contributed by atoms with E-state index in [1.54, 1.807) is 13.8 Å². The minimum atomic E-state index is -4.43. The van der Waals surface area contributed by atoms with Gasteiger partial charge in [0.25, 0.3) is 0 Å². The first kappa shape index (κ1) is 17.7. The van der Waals surface area contributed by atoms with E-state index in [2.05, 4.69) is 10.1 Å². The van der Waals surface area contributed by atoms with E-state index in [-0.39, 0.29) is 18.8 Å². The highest BCUT2D eigenvalue weighted by Crippen LogP contribution is 2.14. The second kappa shape index (κ2) is 7.98. The summed E-state index contributed by atoms with van der Waals surface area (Å²) in [5, 5.41) is 11.1. The van der Waals surface area contributed by atoms with Crippen molar-refractivity contribution in [3.8, 4) is 0 Å². The summed E-state index contributed by atoms with van der Waals surface area (Å²) in [5.41, 5.74) is 0. The lowest BCUT2D eigenvalue weighted by atomic mass is 10.0. The molecule has 0 spiro atoms. The van der Waals surface area contributed by atoms with Crippen LogP contribution in [0.4, 0.5) is 13.2 Å². The summed E-state index contributed by atoms with van der Waals surface area (Å²) in [6.45, 7) is 1.77. The van der Waals surface area contributed by atoms with Crippen molar-refractivity contribution >= 4 is 11.9 Å². The van der Waals surface area contributed by atoms with Crippen LogP contribution in [0.3, 0.4) is 0 Å². The van der Waals surface area contributed by atoms with Crippen LogP contribution in [0.2, 0.25) is 0 Å². The minimum absolute atomic E-state index is 0.0721. The zero-order valence-corrected chi connectivity index (χ0v) is 10.8. The molecule has 19 heavy (non-hydrogen) atoms. The molecule has 0 aliphatic carbocycles. The predicted molar refractivity (Wildman–Crippen MR) is 60.5 cm³/mol. The Hall–Kier alpha value is -1.31. The van der Waals surface area contributed by atoms with E-state index in [4.69, 9.17) is 5.11 Å². The van der Waals surface area contributed by atoms with Crippen LogP contribution >= 0.6 is 0 Å². The number of alkyl halides is 3. The van der Waals surface area contributed by atoms with E-state index in [0.29, 0.717) is 0 Å². The van der Waals surface area contributed by atoms with E-state index in [9.17, 15) is 22.8 Å². The van der Waals surface area contributed by atoms with Crippen molar-refractivity contribution < 1.29 is 32.6 Å². The minimum Gasteiger partial charge on any atom is -0.480 e. The molecule has 5 nitrogen and oxygen atoms in total. The molecule has 0 bridgehead atoms. The Bertz CT molecular complexity index is 305. The van der Waals surface area contributed by atoms with Crippen LogP contribution in [0, 0.1) is 5.92 Å². The number of hydrogen-bond donors (Lipinski definition) is 2. The van der Waals surface area contributed by atoms with Crippen molar-refractivity contribution in [2.24, 2.45) is 5.92 Å². The molecule has 8 heteroatoms. The summed E-state index contributed by atoms with van der Waals surface area (Å²) < 4.78 is 39.5. The first-order valence-electron chi connectivity index (χ1n) is 5.78. The van der Waals surface area contributed by atoms with Crippen molar-refractivity contribution in [2.75, 3.05) is 13.2 Å². The smallest absolute Gasteiger partial charge is 0.411 e. The largest absolute Gasteiger partial charge is 0.480 e. The maximum Gasteiger partial charge on any atom is 0.411 e. The molecule has 2 N–H and O–H groups in total. The van der Waals surface area contributed by atoms with E-state index in [0.717, 1.165) is 0 Å². The second-order valence-corrected chi connectivity index (χ2v) is 4.51. The quantitative estimate of drug-likeness (QED) is 0.664. The highest BCUT2D eigenvalue weighted by Gasteiger charge is 2.27. The molecular weight excluding hydrogens is 267 g/mol. The van der Waals surface area contributed by atoms with E-state index in [1.165, 1.54) is 0 Å². The molecule has 0 saturated carbocycles. The number of carboxylic acid groups (broad SMARTS) is 1. The number of carbonyl (C=O) groups is 2. The highest BCUT2D eigenvalue weighted by molar-refractivity contribution is 5.83. The predicted octanol–water partition coefficient (Wildman–Crippen LogP) is 1.57. The molecule has 0 aliphatic rings. The summed E-state index contributed by atoms with van der Waals surface area (Å²) in [4.78, 5) is 22.2. The highest BCUT2D eigenvalue weighted by atomic mass is 19.4. The number of ether oxygens (including phenoxy) is 1. The molecule has 0 aromatic heterocycles. The summed E-state index contributed by atoms with van der Waals surface area (Å²) in [5.74, 6) is -1.74. The first-order chi connectivity index (χ1) is 8.61. The number of nitrogens with one attached hydrogen (secondary N) is 1. The third-order valence-corrected chi connectivity index (χ3v) is 2.08. The van der Waals surface area contributed by atoms with Crippen molar-refractivity contribution in [2.45, 2.75) is 38.9 Å². The SMILES string of the molecule is CC(C)C[C@H](NC(=O)CCOCC(F)(F)F)C(=O)O. The van der Waals surface area contributed by atoms with Gasteiger partial charge in [0, 0.05) is 6.42 Å². The zero-order valence-electron chi connectivity index (χ0n) is 10.8.